The molecular weight excluding hydrogens is 328 g/mol. The van der Waals surface area contributed by atoms with Gasteiger partial charge in [0.2, 0.25) is 0 Å². The lowest BCUT2D eigenvalue weighted by molar-refractivity contribution is 0.251. The van der Waals surface area contributed by atoms with Crippen LogP contribution in [0, 0.1) is 6.92 Å². The monoisotopic (exact) mass is 346 g/mol. The molecule has 2 aromatic rings. The van der Waals surface area contributed by atoms with Crippen molar-refractivity contribution in [2.45, 2.75) is 26.8 Å². The van der Waals surface area contributed by atoms with Gasteiger partial charge in [-0.15, -0.1) is 0 Å². The highest BCUT2D eigenvalue weighted by Gasteiger charge is 2.08. The first kappa shape index (κ1) is 15.6. The summed E-state index contributed by atoms with van der Waals surface area (Å²) < 4.78 is 1.03. The largest absolute Gasteiger partial charge is 0.334 e. The van der Waals surface area contributed by atoms with Crippen LogP contribution in [0.25, 0.3) is 0 Å². The van der Waals surface area contributed by atoms with Crippen LogP contribution >= 0.6 is 15.9 Å². The van der Waals surface area contributed by atoms with Gasteiger partial charge >= 0.3 is 6.03 Å². The van der Waals surface area contributed by atoms with E-state index in [1.54, 1.807) is 0 Å². The molecule has 0 fully saturated rings. The van der Waals surface area contributed by atoms with Crippen LogP contribution in [0.15, 0.2) is 46.9 Å². The summed E-state index contributed by atoms with van der Waals surface area (Å²) >= 11 is 3.39. The van der Waals surface area contributed by atoms with E-state index in [4.69, 9.17) is 0 Å². The quantitative estimate of drug-likeness (QED) is 0.831. The van der Waals surface area contributed by atoms with Crippen molar-refractivity contribution >= 4 is 27.6 Å². The van der Waals surface area contributed by atoms with E-state index >= 15 is 0 Å². The maximum Gasteiger partial charge on any atom is 0.319 e. The van der Waals surface area contributed by atoms with E-state index in [-0.39, 0.29) is 6.03 Å². The standard InChI is InChI=1S/C17H19BrN2O/c1-3-14-6-4-5-12(2)16(14)20-17(21)19-11-13-7-9-15(18)10-8-13/h4-10H,3,11H2,1-2H3,(H2,19,20,21). The SMILES string of the molecule is CCc1cccc(C)c1NC(=O)NCc1ccc(Br)cc1. The van der Waals surface area contributed by atoms with Gasteiger partial charge < -0.3 is 10.6 Å². The molecule has 0 saturated carbocycles. The molecule has 0 atom stereocenters. The van der Waals surface area contributed by atoms with Gasteiger partial charge in [-0.25, -0.2) is 4.79 Å². The topological polar surface area (TPSA) is 41.1 Å². The molecule has 0 heterocycles. The summed E-state index contributed by atoms with van der Waals surface area (Å²) in [4.78, 5) is 12.0. The Kier molecular flexibility index (Phi) is 5.39. The summed E-state index contributed by atoms with van der Waals surface area (Å²) in [6.07, 6.45) is 0.893. The molecule has 3 nitrogen and oxygen atoms in total. The van der Waals surface area contributed by atoms with E-state index in [0.717, 1.165) is 33.3 Å². The number of nitrogens with one attached hydrogen (secondary N) is 2. The summed E-state index contributed by atoms with van der Waals surface area (Å²) in [6.45, 7) is 4.59. The van der Waals surface area contributed by atoms with Crippen LogP contribution in [0.4, 0.5) is 10.5 Å². The number of rotatable bonds is 4. The number of amides is 2. The van der Waals surface area contributed by atoms with Crippen LogP contribution in [-0.2, 0) is 13.0 Å². The number of benzene rings is 2. The van der Waals surface area contributed by atoms with Gasteiger partial charge in [-0.05, 0) is 42.2 Å². The third kappa shape index (κ3) is 4.33. The molecule has 0 aliphatic rings. The van der Waals surface area contributed by atoms with Crippen LogP contribution in [-0.4, -0.2) is 6.03 Å². The zero-order chi connectivity index (χ0) is 15.2. The molecule has 2 amide bonds. The van der Waals surface area contributed by atoms with Crippen LogP contribution < -0.4 is 10.6 Å². The highest BCUT2D eigenvalue weighted by atomic mass is 79.9. The highest BCUT2D eigenvalue weighted by Crippen LogP contribution is 2.20. The van der Waals surface area contributed by atoms with E-state index < -0.39 is 0 Å². The van der Waals surface area contributed by atoms with Gasteiger partial charge in [0.1, 0.15) is 0 Å². The molecule has 2 rings (SSSR count). The lowest BCUT2D eigenvalue weighted by Gasteiger charge is -2.13. The van der Waals surface area contributed by atoms with Crippen molar-refractivity contribution in [3.05, 3.63) is 63.6 Å². The molecule has 0 bridgehead atoms. The molecule has 2 N–H and O–H groups in total. The fourth-order valence-corrected chi connectivity index (χ4v) is 2.41. The Morgan fingerprint density at radius 2 is 1.86 bits per heavy atom. The van der Waals surface area contributed by atoms with Crippen LogP contribution in [0.5, 0.6) is 0 Å². The minimum Gasteiger partial charge on any atom is -0.334 e. The fraction of sp³-hybridized carbons (Fsp3) is 0.235. The minimum atomic E-state index is -0.179. The normalized spacial score (nSPS) is 10.2. The second-order valence-corrected chi connectivity index (χ2v) is 5.81. The van der Waals surface area contributed by atoms with E-state index in [2.05, 4.69) is 33.5 Å². The Bertz CT molecular complexity index is 623. The summed E-state index contributed by atoms with van der Waals surface area (Å²) in [5, 5.41) is 5.83. The lowest BCUT2D eigenvalue weighted by Crippen LogP contribution is -2.28. The molecule has 0 aromatic heterocycles. The van der Waals surface area contributed by atoms with Gasteiger partial charge in [0.05, 0.1) is 0 Å². The number of aryl methyl sites for hydroxylation is 2. The third-order valence-corrected chi connectivity index (χ3v) is 3.87. The number of urea groups is 1. The predicted octanol–water partition coefficient (Wildman–Crippen LogP) is 4.64. The first-order valence-electron chi connectivity index (χ1n) is 6.98. The molecule has 0 aliphatic carbocycles. The van der Waals surface area contributed by atoms with Crippen molar-refractivity contribution in [2.75, 3.05) is 5.32 Å². The average Bonchev–Trinajstić information content (AvgIpc) is 2.49. The first-order valence-corrected chi connectivity index (χ1v) is 7.77. The number of carbonyl (C=O) groups is 1. The molecule has 0 spiro atoms. The van der Waals surface area contributed by atoms with Gasteiger partial charge in [-0.3, -0.25) is 0 Å². The molecule has 0 unspecified atom stereocenters. The number of hydrogen-bond donors (Lipinski definition) is 2. The summed E-state index contributed by atoms with van der Waals surface area (Å²) in [6, 6.07) is 13.8. The van der Waals surface area contributed by atoms with Crippen LogP contribution in [0.2, 0.25) is 0 Å². The van der Waals surface area contributed by atoms with Gasteiger partial charge in [0.15, 0.2) is 0 Å². The maximum atomic E-state index is 12.0. The van der Waals surface area contributed by atoms with Crippen molar-refractivity contribution in [2.24, 2.45) is 0 Å². The first-order chi connectivity index (χ1) is 10.1. The molecule has 0 saturated heterocycles. The highest BCUT2D eigenvalue weighted by molar-refractivity contribution is 9.10. The number of hydrogen-bond acceptors (Lipinski definition) is 1. The number of halogens is 1. The van der Waals surface area contributed by atoms with E-state index in [0.29, 0.717) is 6.54 Å². The van der Waals surface area contributed by atoms with Crippen molar-refractivity contribution < 1.29 is 4.79 Å². The van der Waals surface area contributed by atoms with E-state index in [9.17, 15) is 4.79 Å². The molecule has 2 aromatic carbocycles. The Balaban J connectivity index is 1.97. The number of carbonyl (C=O) groups excluding carboxylic acids is 1. The van der Waals surface area contributed by atoms with E-state index in [1.165, 1.54) is 0 Å². The molecule has 21 heavy (non-hydrogen) atoms. The fourth-order valence-electron chi connectivity index (χ4n) is 2.14. The zero-order valence-corrected chi connectivity index (χ0v) is 13.8. The second kappa shape index (κ2) is 7.27. The Labute approximate surface area is 133 Å². The maximum absolute atomic E-state index is 12.0. The number of anilines is 1. The van der Waals surface area contributed by atoms with Crippen molar-refractivity contribution in [1.82, 2.24) is 5.32 Å². The van der Waals surface area contributed by atoms with E-state index in [1.807, 2.05) is 49.4 Å². The molecule has 4 heteroatoms. The number of para-hydroxylation sites is 1. The predicted molar refractivity (Wildman–Crippen MR) is 90.6 cm³/mol. The third-order valence-electron chi connectivity index (χ3n) is 3.34. The Hall–Kier alpha value is -1.81. The molecule has 110 valence electrons. The summed E-state index contributed by atoms with van der Waals surface area (Å²) in [7, 11) is 0. The van der Waals surface area contributed by atoms with Gasteiger partial charge in [-0.2, -0.15) is 0 Å². The van der Waals surface area contributed by atoms with Gasteiger partial charge in [-0.1, -0.05) is 53.2 Å². The molecule has 0 aliphatic heterocycles. The molecule has 0 radical (unpaired) electrons. The lowest BCUT2D eigenvalue weighted by atomic mass is 10.1. The van der Waals surface area contributed by atoms with Gasteiger partial charge in [0.25, 0.3) is 0 Å². The zero-order valence-electron chi connectivity index (χ0n) is 12.2. The Morgan fingerprint density at radius 3 is 2.52 bits per heavy atom. The van der Waals surface area contributed by atoms with Crippen molar-refractivity contribution in [1.29, 1.82) is 0 Å². The average molecular weight is 347 g/mol. The minimum absolute atomic E-state index is 0.179. The van der Waals surface area contributed by atoms with Gasteiger partial charge in [0, 0.05) is 16.7 Å². The summed E-state index contributed by atoms with van der Waals surface area (Å²) in [5.41, 5.74) is 4.20. The van der Waals surface area contributed by atoms with Crippen LogP contribution in [0.1, 0.15) is 23.6 Å². The summed E-state index contributed by atoms with van der Waals surface area (Å²) in [5.74, 6) is 0. The van der Waals surface area contributed by atoms with Crippen LogP contribution in [0.3, 0.4) is 0 Å². The molecular formula is C17H19BrN2O. The Morgan fingerprint density at radius 1 is 1.14 bits per heavy atom. The smallest absolute Gasteiger partial charge is 0.319 e. The second-order valence-electron chi connectivity index (χ2n) is 4.90. The van der Waals surface area contributed by atoms with Crippen molar-refractivity contribution in [3.63, 3.8) is 0 Å². The van der Waals surface area contributed by atoms with Crippen molar-refractivity contribution in [3.8, 4) is 0 Å².